The predicted octanol–water partition coefficient (Wildman–Crippen LogP) is 3.98. The van der Waals surface area contributed by atoms with Crippen molar-refractivity contribution in [2.75, 3.05) is 38.2 Å². The van der Waals surface area contributed by atoms with Gasteiger partial charge in [0.2, 0.25) is 5.95 Å². The first-order chi connectivity index (χ1) is 15.4. The molecule has 0 aliphatic carbocycles. The predicted molar refractivity (Wildman–Crippen MR) is 123 cm³/mol. The Morgan fingerprint density at radius 1 is 1.34 bits per heavy atom. The van der Waals surface area contributed by atoms with Crippen LogP contribution in [0.3, 0.4) is 0 Å². The molecule has 0 amide bonds. The smallest absolute Gasteiger partial charge is 0.257 e. The molecule has 0 bridgehead atoms. The molecule has 0 spiro atoms. The number of benzene rings is 1. The highest BCUT2D eigenvalue weighted by Crippen LogP contribution is 2.36. The molecule has 3 heterocycles. The van der Waals surface area contributed by atoms with Crippen molar-refractivity contribution < 1.29 is 13.5 Å². The quantitative estimate of drug-likeness (QED) is 0.577. The number of alkyl halides is 2. The van der Waals surface area contributed by atoms with Crippen molar-refractivity contribution in [3.8, 4) is 0 Å². The summed E-state index contributed by atoms with van der Waals surface area (Å²) in [6, 6.07) is 4.42. The van der Waals surface area contributed by atoms with Crippen LogP contribution >= 0.6 is 23.2 Å². The summed E-state index contributed by atoms with van der Waals surface area (Å²) in [5.74, 6) is 0.582. The molecule has 32 heavy (non-hydrogen) atoms. The first kappa shape index (κ1) is 23.1. The highest BCUT2D eigenvalue weighted by Gasteiger charge is 2.30. The number of nitrogens with zero attached hydrogens (tertiary/aromatic N) is 4. The number of fused-ring (bicyclic) bond motifs is 1. The van der Waals surface area contributed by atoms with Crippen molar-refractivity contribution in [1.29, 1.82) is 0 Å². The molecular formula is C21H24Cl2F2N6O. The molecule has 2 aliphatic rings. The number of halogens is 4. The van der Waals surface area contributed by atoms with Crippen LogP contribution in [0, 0.1) is 0 Å². The molecule has 172 valence electrons. The average molecular weight is 485 g/mol. The van der Waals surface area contributed by atoms with E-state index in [-0.39, 0.29) is 16.8 Å². The largest absolute Gasteiger partial charge is 0.403 e. The Kier molecular flexibility index (Phi) is 7.40. The van der Waals surface area contributed by atoms with Gasteiger partial charge in [0, 0.05) is 22.8 Å². The highest BCUT2D eigenvalue weighted by atomic mass is 35.5. The maximum atomic E-state index is 12.4. The molecule has 3 N–H and O–H groups in total. The van der Waals surface area contributed by atoms with Crippen molar-refractivity contribution in [1.82, 2.24) is 14.9 Å². The Bertz CT molecular complexity index is 1020. The van der Waals surface area contributed by atoms with E-state index in [0.717, 1.165) is 56.3 Å². The fourth-order valence-corrected chi connectivity index (χ4v) is 4.47. The van der Waals surface area contributed by atoms with Gasteiger partial charge in [-0.1, -0.05) is 23.2 Å². The van der Waals surface area contributed by atoms with Crippen molar-refractivity contribution in [3.05, 3.63) is 40.8 Å². The van der Waals surface area contributed by atoms with E-state index in [1.807, 2.05) is 12.1 Å². The minimum Gasteiger partial charge on any atom is -0.403 e. The fourth-order valence-electron chi connectivity index (χ4n) is 3.97. The minimum absolute atomic E-state index is 0.146. The van der Waals surface area contributed by atoms with E-state index in [9.17, 15) is 8.78 Å². The Labute approximate surface area is 194 Å². The normalized spacial score (nSPS) is 19.5. The van der Waals surface area contributed by atoms with Crippen LogP contribution in [0.15, 0.2) is 35.2 Å². The third-order valence-corrected chi connectivity index (χ3v) is 6.46. The second-order valence-corrected chi connectivity index (χ2v) is 8.62. The number of allylic oxidation sites excluding steroid dienone is 1. The van der Waals surface area contributed by atoms with Crippen LogP contribution < -0.4 is 11.1 Å². The molecule has 2 aromatic rings. The van der Waals surface area contributed by atoms with Gasteiger partial charge in [0.15, 0.2) is 0 Å². The number of aliphatic imine (C=N–C) groups is 1. The van der Waals surface area contributed by atoms with E-state index in [1.165, 1.54) is 0 Å². The van der Waals surface area contributed by atoms with E-state index in [0.29, 0.717) is 22.5 Å². The van der Waals surface area contributed by atoms with Crippen LogP contribution in [-0.2, 0) is 4.74 Å². The number of hydrogen-bond donors (Lipinski definition) is 2. The van der Waals surface area contributed by atoms with Gasteiger partial charge in [-0.25, -0.2) is 18.7 Å². The minimum atomic E-state index is -2.60. The summed E-state index contributed by atoms with van der Waals surface area (Å²) < 4.78 is 30.1. The molecule has 0 saturated carbocycles. The van der Waals surface area contributed by atoms with Crippen molar-refractivity contribution >= 4 is 45.2 Å². The topological polar surface area (TPSA) is 88.7 Å². The number of ether oxygens (including phenoxy) is 1. The summed E-state index contributed by atoms with van der Waals surface area (Å²) >= 11 is 12.6. The number of anilines is 1. The number of nitrogens with one attached hydrogen (secondary N) is 1. The van der Waals surface area contributed by atoms with Crippen LogP contribution in [0.2, 0.25) is 5.02 Å². The van der Waals surface area contributed by atoms with Crippen LogP contribution in [0.25, 0.3) is 10.9 Å². The molecule has 7 nitrogen and oxygen atoms in total. The average Bonchev–Trinajstić information content (AvgIpc) is 2.75. The fraction of sp³-hybridized carbons (Fsp3) is 0.476. The third-order valence-electron chi connectivity index (χ3n) is 5.81. The molecule has 2 saturated heterocycles. The number of rotatable bonds is 7. The molecule has 2 aliphatic heterocycles. The summed E-state index contributed by atoms with van der Waals surface area (Å²) in [6.07, 6.45) is 2.22. The summed E-state index contributed by atoms with van der Waals surface area (Å²) in [7, 11) is 0. The summed E-state index contributed by atoms with van der Waals surface area (Å²) in [5.41, 5.74) is 7.50. The summed E-state index contributed by atoms with van der Waals surface area (Å²) in [4.78, 5) is 14.9. The number of likely N-dealkylation sites (tertiary alicyclic amines) is 1. The van der Waals surface area contributed by atoms with Gasteiger partial charge in [-0.15, -0.1) is 0 Å². The van der Waals surface area contributed by atoms with Crippen LogP contribution in [-0.4, -0.2) is 65.4 Å². The molecule has 4 rings (SSSR count). The van der Waals surface area contributed by atoms with Gasteiger partial charge in [-0.05, 0) is 49.5 Å². The Balaban J connectivity index is 1.51. The highest BCUT2D eigenvalue weighted by molar-refractivity contribution is 6.69. The zero-order chi connectivity index (χ0) is 22.7. The first-order valence-electron chi connectivity index (χ1n) is 10.4. The lowest BCUT2D eigenvalue weighted by Crippen LogP contribution is -2.51. The van der Waals surface area contributed by atoms with Gasteiger partial charge in [0.25, 0.3) is 6.43 Å². The number of aromatic nitrogens is 2. The van der Waals surface area contributed by atoms with E-state index in [2.05, 4.69) is 25.2 Å². The van der Waals surface area contributed by atoms with Gasteiger partial charge in [0.05, 0.1) is 30.5 Å². The molecule has 2 fully saturated rings. The van der Waals surface area contributed by atoms with Crippen LogP contribution in [0.1, 0.15) is 24.3 Å². The SMILES string of the molecule is NC=C(Nc1ncc2cc(Cl)c(C3CCN(C4COC4)CC3)cc2n1)C(Cl)=NCC(F)F. The number of piperidine rings is 1. The Hall–Kier alpha value is -2.07. The Morgan fingerprint density at radius 3 is 2.72 bits per heavy atom. The maximum Gasteiger partial charge on any atom is 0.257 e. The lowest BCUT2D eigenvalue weighted by atomic mass is 9.88. The van der Waals surface area contributed by atoms with Crippen molar-refractivity contribution in [3.63, 3.8) is 0 Å². The van der Waals surface area contributed by atoms with Crippen molar-refractivity contribution in [2.24, 2.45) is 10.7 Å². The lowest BCUT2D eigenvalue weighted by Gasteiger charge is -2.41. The zero-order valence-corrected chi connectivity index (χ0v) is 18.8. The molecule has 11 heteroatoms. The first-order valence-corrected chi connectivity index (χ1v) is 11.2. The van der Waals surface area contributed by atoms with Gasteiger partial charge in [-0.3, -0.25) is 9.89 Å². The van der Waals surface area contributed by atoms with Gasteiger partial charge >= 0.3 is 0 Å². The monoisotopic (exact) mass is 484 g/mol. The molecule has 1 aromatic heterocycles. The molecule has 1 aromatic carbocycles. The second-order valence-electron chi connectivity index (χ2n) is 7.86. The number of nitrogens with two attached hydrogens (primary N) is 1. The van der Waals surface area contributed by atoms with Crippen LogP contribution in [0.5, 0.6) is 0 Å². The standard InChI is InChI=1S/C21H24Cl2F2N6O/c22-16-5-13-8-28-21(30-18(7-26)20(23)27-9-19(24)25)29-17(13)6-15(16)12-1-3-31(4-2-12)14-10-32-11-14/h5-8,12,14,19H,1-4,9-11,26H2,(H,28,29,30). The molecule has 0 atom stereocenters. The van der Waals surface area contributed by atoms with E-state index < -0.39 is 13.0 Å². The van der Waals surface area contributed by atoms with Crippen molar-refractivity contribution in [2.45, 2.75) is 31.2 Å². The molecule has 0 unspecified atom stereocenters. The summed E-state index contributed by atoms with van der Waals surface area (Å²) in [5, 5.41) is 4.18. The zero-order valence-electron chi connectivity index (χ0n) is 17.3. The molecule has 0 radical (unpaired) electrons. The van der Waals surface area contributed by atoms with Gasteiger partial charge in [0.1, 0.15) is 11.7 Å². The second kappa shape index (κ2) is 10.2. The lowest BCUT2D eigenvalue weighted by molar-refractivity contribution is -0.0712. The maximum absolute atomic E-state index is 12.4. The Morgan fingerprint density at radius 2 is 2.09 bits per heavy atom. The number of hydrogen-bond acceptors (Lipinski definition) is 7. The van der Waals surface area contributed by atoms with E-state index in [4.69, 9.17) is 33.7 Å². The van der Waals surface area contributed by atoms with E-state index >= 15 is 0 Å². The van der Waals surface area contributed by atoms with Gasteiger partial charge < -0.3 is 15.8 Å². The van der Waals surface area contributed by atoms with E-state index in [1.54, 1.807) is 6.20 Å². The summed E-state index contributed by atoms with van der Waals surface area (Å²) in [6.45, 7) is 2.97. The van der Waals surface area contributed by atoms with Crippen LogP contribution in [0.4, 0.5) is 14.7 Å². The third kappa shape index (κ3) is 5.28. The van der Waals surface area contributed by atoms with Gasteiger partial charge in [-0.2, -0.15) is 0 Å². The molecular weight excluding hydrogens is 461 g/mol.